The van der Waals surface area contributed by atoms with Crippen LogP contribution in [0.4, 0.5) is 17.5 Å². The Labute approximate surface area is 147 Å². The summed E-state index contributed by atoms with van der Waals surface area (Å²) in [6.45, 7) is 0.758. The zero-order valence-electron chi connectivity index (χ0n) is 14.1. The summed E-state index contributed by atoms with van der Waals surface area (Å²) in [5.41, 5.74) is 0.511. The molecule has 2 aromatic heterocycles. The third-order valence-corrected chi connectivity index (χ3v) is 4.17. The van der Waals surface area contributed by atoms with Crippen molar-refractivity contribution in [1.29, 1.82) is 0 Å². The average molecular weight is 338 g/mol. The number of aromatic nitrogens is 4. The van der Waals surface area contributed by atoms with E-state index in [1.807, 2.05) is 6.07 Å². The van der Waals surface area contributed by atoms with Crippen LogP contribution in [-0.4, -0.2) is 38.2 Å². The molecule has 1 saturated carbocycles. The van der Waals surface area contributed by atoms with Gasteiger partial charge in [-0.1, -0.05) is 25.2 Å². The molecule has 7 nitrogen and oxygen atoms in total. The molecule has 3 N–H and O–H groups in total. The van der Waals surface area contributed by atoms with Gasteiger partial charge in [0.15, 0.2) is 0 Å². The van der Waals surface area contributed by atoms with Crippen molar-refractivity contribution in [2.75, 3.05) is 23.8 Å². The molecule has 7 heteroatoms. The Morgan fingerprint density at radius 2 is 1.84 bits per heavy atom. The molecule has 0 radical (unpaired) electrons. The molecule has 25 heavy (non-hydrogen) atoms. The van der Waals surface area contributed by atoms with Crippen LogP contribution < -0.4 is 10.6 Å². The van der Waals surface area contributed by atoms with E-state index in [1.165, 1.54) is 38.4 Å². The molecule has 130 valence electrons. The second kappa shape index (κ2) is 8.94. The number of anilines is 3. The molecule has 0 bridgehead atoms. The largest absolute Gasteiger partial charge is 0.384 e. The highest BCUT2D eigenvalue weighted by molar-refractivity contribution is 5.55. The molecule has 1 fully saturated rings. The van der Waals surface area contributed by atoms with E-state index in [0.717, 1.165) is 18.3 Å². The molecule has 2 aromatic rings. The lowest BCUT2D eigenvalue weighted by Gasteiger charge is -2.22. The minimum Gasteiger partial charge on any atom is -0.384 e. The number of nitrogens with one attached hydrogen (secondary N) is 2. The molecule has 0 saturated heterocycles. The van der Waals surface area contributed by atoms with Crippen molar-refractivity contribution in [2.45, 2.75) is 32.1 Å². The summed E-state index contributed by atoms with van der Waals surface area (Å²) >= 11 is 0. The first-order valence-corrected chi connectivity index (χ1v) is 8.58. The first-order valence-electron chi connectivity index (χ1n) is 8.58. The molecule has 0 aromatic carbocycles. The Morgan fingerprint density at radius 1 is 1.00 bits per heavy atom. The zero-order chi connectivity index (χ0) is 17.3. The van der Waals surface area contributed by atoms with Crippen molar-refractivity contribution in [3.8, 4) is 11.8 Å². The summed E-state index contributed by atoms with van der Waals surface area (Å²) in [6.07, 6.45) is 11.3. The minimum atomic E-state index is -0.195. The van der Waals surface area contributed by atoms with Gasteiger partial charge in [0.2, 0.25) is 0 Å². The molecule has 0 atom stereocenters. The maximum Gasteiger partial charge on any atom is 0.150 e. The van der Waals surface area contributed by atoms with Gasteiger partial charge in [0, 0.05) is 12.6 Å². The fourth-order valence-electron chi connectivity index (χ4n) is 2.88. The topological polar surface area (TPSA) is 95.9 Å². The minimum absolute atomic E-state index is 0.195. The fraction of sp³-hybridized carbons (Fsp3) is 0.444. The Hall–Kier alpha value is -2.72. The third kappa shape index (κ3) is 5.40. The van der Waals surface area contributed by atoms with E-state index < -0.39 is 0 Å². The normalized spacial score (nSPS) is 14.4. The van der Waals surface area contributed by atoms with E-state index in [9.17, 15) is 0 Å². The van der Waals surface area contributed by atoms with Crippen LogP contribution >= 0.6 is 0 Å². The molecule has 1 aliphatic carbocycles. The SMILES string of the molecule is OCC#Cc1cnc(Nc2cc(NCC3CCCCC3)ncn2)cn1. The molecule has 3 rings (SSSR count). The van der Waals surface area contributed by atoms with Crippen molar-refractivity contribution in [3.63, 3.8) is 0 Å². The molecule has 0 spiro atoms. The van der Waals surface area contributed by atoms with Crippen molar-refractivity contribution in [3.05, 3.63) is 30.5 Å². The Balaban J connectivity index is 1.57. The second-order valence-electron chi connectivity index (χ2n) is 6.05. The highest BCUT2D eigenvalue weighted by Crippen LogP contribution is 2.24. The van der Waals surface area contributed by atoms with Gasteiger partial charge in [0.05, 0.1) is 12.4 Å². The van der Waals surface area contributed by atoms with Gasteiger partial charge < -0.3 is 15.7 Å². The number of nitrogens with zero attached hydrogens (tertiary/aromatic N) is 4. The Kier molecular flexibility index (Phi) is 6.12. The van der Waals surface area contributed by atoms with Crippen LogP contribution in [0.5, 0.6) is 0 Å². The highest BCUT2D eigenvalue weighted by atomic mass is 16.2. The van der Waals surface area contributed by atoms with Crippen LogP contribution in [-0.2, 0) is 0 Å². The van der Waals surface area contributed by atoms with Crippen molar-refractivity contribution >= 4 is 17.5 Å². The van der Waals surface area contributed by atoms with Crippen LogP contribution in [0.15, 0.2) is 24.8 Å². The summed E-state index contributed by atoms with van der Waals surface area (Å²) in [6, 6.07) is 1.87. The Morgan fingerprint density at radius 3 is 2.60 bits per heavy atom. The molecule has 1 aliphatic rings. The molecular weight excluding hydrogens is 316 g/mol. The van der Waals surface area contributed by atoms with E-state index >= 15 is 0 Å². The van der Waals surface area contributed by atoms with E-state index in [0.29, 0.717) is 17.3 Å². The lowest BCUT2D eigenvalue weighted by molar-refractivity contribution is 0.350. The van der Waals surface area contributed by atoms with Gasteiger partial charge in [-0.2, -0.15) is 0 Å². The summed E-state index contributed by atoms with van der Waals surface area (Å²) in [5, 5.41) is 15.2. The van der Waals surface area contributed by atoms with Gasteiger partial charge in [-0.25, -0.2) is 19.9 Å². The van der Waals surface area contributed by atoms with E-state index in [1.54, 1.807) is 12.4 Å². The second-order valence-corrected chi connectivity index (χ2v) is 6.05. The van der Waals surface area contributed by atoms with Gasteiger partial charge in [-0.05, 0) is 24.7 Å². The lowest BCUT2D eigenvalue weighted by atomic mass is 9.89. The lowest BCUT2D eigenvalue weighted by Crippen LogP contribution is -2.17. The van der Waals surface area contributed by atoms with Crippen molar-refractivity contribution in [1.82, 2.24) is 19.9 Å². The third-order valence-electron chi connectivity index (χ3n) is 4.17. The molecule has 0 aliphatic heterocycles. The van der Waals surface area contributed by atoms with Gasteiger partial charge in [0.25, 0.3) is 0 Å². The standard InChI is InChI=1S/C18H22N6O/c25-8-4-7-15-11-21-18(12-19-15)24-17-9-16(22-13-23-17)20-10-14-5-2-1-3-6-14/h9,11-14,25H,1-3,5-6,8,10H2,(H2,20,21,22,23,24). The monoisotopic (exact) mass is 338 g/mol. The summed E-state index contributed by atoms with van der Waals surface area (Å²) < 4.78 is 0. The predicted octanol–water partition coefficient (Wildman–Crippen LogP) is 2.35. The first-order chi connectivity index (χ1) is 12.3. The first kappa shape index (κ1) is 17.1. The Bertz CT molecular complexity index is 731. The van der Waals surface area contributed by atoms with Gasteiger partial charge in [0.1, 0.15) is 36.1 Å². The number of aliphatic hydroxyl groups is 1. The maximum atomic E-state index is 8.68. The highest BCUT2D eigenvalue weighted by Gasteiger charge is 2.13. The molecule has 0 unspecified atom stereocenters. The maximum absolute atomic E-state index is 8.68. The molecule has 2 heterocycles. The smallest absolute Gasteiger partial charge is 0.150 e. The molecule has 0 amide bonds. The van der Waals surface area contributed by atoms with Crippen LogP contribution in [0, 0.1) is 17.8 Å². The zero-order valence-corrected chi connectivity index (χ0v) is 14.1. The van der Waals surface area contributed by atoms with Crippen molar-refractivity contribution < 1.29 is 5.11 Å². The van der Waals surface area contributed by atoms with Crippen molar-refractivity contribution in [2.24, 2.45) is 5.92 Å². The van der Waals surface area contributed by atoms with Crippen LogP contribution in [0.2, 0.25) is 0 Å². The number of hydrogen-bond acceptors (Lipinski definition) is 7. The average Bonchev–Trinajstić information content (AvgIpc) is 2.67. The van der Waals surface area contributed by atoms with Gasteiger partial charge in [-0.3, -0.25) is 0 Å². The van der Waals surface area contributed by atoms with E-state index in [4.69, 9.17) is 5.11 Å². The van der Waals surface area contributed by atoms with E-state index in [2.05, 4.69) is 42.4 Å². The summed E-state index contributed by atoms with van der Waals surface area (Å²) in [7, 11) is 0. The van der Waals surface area contributed by atoms with Gasteiger partial charge >= 0.3 is 0 Å². The van der Waals surface area contributed by atoms with E-state index in [-0.39, 0.29) is 6.61 Å². The van der Waals surface area contributed by atoms with Gasteiger partial charge in [-0.15, -0.1) is 0 Å². The summed E-state index contributed by atoms with van der Waals surface area (Å²) in [4.78, 5) is 16.9. The molecular formula is C18H22N6O. The number of rotatable bonds is 5. The van der Waals surface area contributed by atoms with Crippen LogP contribution in [0.3, 0.4) is 0 Å². The fourth-order valence-corrected chi connectivity index (χ4v) is 2.88. The predicted molar refractivity (Wildman–Crippen MR) is 96.4 cm³/mol. The summed E-state index contributed by atoms with van der Waals surface area (Å²) in [5.74, 6) is 8.02. The van der Waals surface area contributed by atoms with Crippen LogP contribution in [0.1, 0.15) is 37.8 Å². The number of hydrogen-bond donors (Lipinski definition) is 3. The quantitative estimate of drug-likeness (QED) is 0.720. The number of aliphatic hydroxyl groups excluding tert-OH is 1. The van der Waals surface area contributed by atoms with Crippen LogP contribution in [0.25, 0.3) is 0 Å².